The number of benzene rings is 2. The first-order chi connectivity index (χ1) is 23.7. The molecule has 4 N–H and O–H groups in total. The van der Waals surface area contributed by atoms with Crippen LogP contribution in [0.1, 0.15) is 70.4 Å². The third-order valence-electron chi connectivity index (χ3n) is 10.7. The zero-order valence-corrected chi connectivity index (χ0v) is 30.2. The van der Waals surface area contributed by atoms with Gasteiger partial charge in [0.2, 0.25) is 5.91 Å². The van der Waals surface area contributed by atoms with Gasteiger partial charge in [-0.05, 0) is 81.1 Å². The van der Waals surface area contributed by atoms with Crippen LogP contribution < -0.4 is 16.4 Å². The summed E-state index contributed by atoms with van der Waals surface area (Å²) in [6.07, 6.45) is 9.80. The van der Waals surface area contributed by atoms with E-state index in [4.69, 9.17) is 34.3 Å². The Morgan fingerprint density at radius 3 is 2.63 bits per heavy atom. The molecule has 2 amide bonds. The molecule has 1 spiro atoms. The monoisotopic (exact) mass is 718 g/mol. The molecule has 2 aliphatic heterocycles. The minimum atomic E-state index is -0.0992. The molecule has 2 saturated heterocycles. The van der Waals surface area contributed by atoms with E-state index in [1.54, 1.807) is 6.20 Å². The van der Waals surface area contributed by atoms with Gasteiger partial charge in [0.05, 0.1) is 10.5 Å². The number of nitrogens with one attached hydrogen (secondary N) is 2. The Hall–Kier alpha value is -3.35. The minimum absolute atomic E-state index is 0.0358. The number of hydrogen-bond donors (Lipinski definition) is 3. The summed E-state index contributed by atoms with van der Waals surface area (Å²) in [5, 5.41) is 8.47. The van der Waals surface area contributed by atoms with Gasteiger partial charge >= 0.3 is 0 Å². The molecule has 0 unspecified atom stereocenters. The number of thiazole rings is 1. The fraction of sp³-hybridized carbons (Fsp3) is 0.459. The molecule has 2 aromatic heterocycles. The third-order valence-corrected chi connectivity index (χ3v) is 12.3. The Bertz CT molecular complexity index is 1870. The summed E-state index contributed by atoms with van der Waals surface area (Å²) in [4.78, 5) is 33.6. The Morgan fingerprint density at radius 1 is 1.14 bits per heavy atom. The highest BCUT2D eigenvalue weighted by Gasteiger charge is 2.48. The van der Waals surface area contributed by atoms with Gasteiger partial charge in [-0.1, -0.05) is 54.2 Å². The highest BCUT2D eigenvalue weighted by atomic mass is 35.5. The van der Waals surface area contributed by atoms with E-state index < -0.39 is 0 Å². The molecule has 7 rings (SSSR count). The number of amides is 2. The van der Waals surface area contributed by atoms with Gasteiger partial charge in [-0.25, -0.2) is 4.98 Å². The van der Waals surface area contributed by atoms with Crippen molar-refractivity contribution in [1.82, 2.24) is 25.1 Å². The van der Waals surface area contributed by atoms with Gasteiger partial charge < -0.3 is 30.6 Å². The van der Waals surface area contributed by atoms with Gasteiger partial charge in [0.15, 0.2) is 5.01 Å². The summed E-state index contributed by atoms with van der Waals surface area (Å²) in [5.41, 5.74) is 11.1. The number of aryl methyl sites for hydroxylation is 1. The fourth-order valence-corrected chi connectivity index (χ4v) is 8.96. The van der Waals surface area contributed by atoms with Gasteiger partial charge in [0.1, 0.15) is 4.99 Å². The SMILES string of the molecule is Cc1cnc(C(=O)NCCN2CCC3(CC2)CC(C(=O)NCc2ccc4c(-c5cccc(C(N)=S)c5)cn(C5CCOCC5)c4c2Cl)C3)s1. The predicted molar refractivity (Wildman–Crippen MR) is 199 cm³/mol. The van der Waals surface area contributed by atoms with Crippen LogP contribution in [0, 0.1) is 18.3 Å². The summed E-state index contributed by atoms with van der Waals surface area (Å²) in [5.74, 6) is 0.0472. The molecule has 1 aliphatic carbocycles. The molecule has 49 heavy (non-hydrogen) atoms. The summed E-state index contributed by atoms with van der Waals surface area (Å²) in [6.45, 7) is 7.21. The molecular formula is C37H43ClN6O3S2. The van der Waals surface area contributed by atoms with Crippen molar-refractivity contribution in [3.8, 4) is 11.1 Å². The van der Waals surface area contributed by atoms with Crippen molar-refractivity contribution in [3.63, 3.8) is 0 Å². The third kappa shape index (κ3) is 7.28. The van der Waals surface area contributed by atoms with E-state index in [9.17, 15) is 9.59 Å². The maximum Gasteiger partial charge on any atom is 0.280 e. The van der Waals surface area contributed by atoms with E-state index in [0.29, 0.717) is 28.1 Å². The van der Waals surface area contributed by atoms with Crippen LogP contribution in [0.5, 0.6) is 0 Å². The molecule has 3 aliphatic rings. The molecule has 3 fully saturated rings. The summed E-state index contributed by atoms with van der Waals surface area (Å²) < 4.78 is 7.98. The fourth-order valence-electron chi connectivity index (χ4n) is 7.83. The quantitative estimate of drug-likeness (QED) is 0.166. The summed E-state index contributed by atoms with van der Waals surface area (Å²) in [6, 6.07) is 12.5. The molecular weight excluding hydrogens is 676 g/mol. The smallest absolute Gasteiger partial charge is 0.280 e. The lowest BCUT2D eigenvalue weighted by molar-refractivity contribution is -0.135. The van der Waals surface area contributed by atoms with Crippen LogP contribution in [0.3, 0.4) is 0 Å². The highest BCUT2D eigenvalue weighted by Crippen LogP contribution is 2.52. The van der Waals surface area contributed by atoms with Crippen molar-refractivity contribution in [1.29, 1.82) is 0 Å². The van der Waals surface area contributed by atoms with Gasteiger partial charge in [-0.2, -0.15) is 0 Å². The molecule has 0 atom stereocenters. The van der Waals surface area contributed by atoms with Crippen molar-refractivity contribution in [3.05, 3.63) is 74.8 Å². The number of fused-ring (bicyclic) bond motifs is 1. The number of ether oxygens (including phenoxy) is 1. The zero-order chi connectivity index (χ0) is 34.1. The number of carbonyl (C=O) groups excluding carboxylic acids is 2. The number of halogens is 1. The van der Waals surface area contributed by atoms with E-state index in [2.05, 4.69) is 43.4 Å². The molecule has 9 nitrogen and oxygen atoms in total. The van der Waals surface area contributed by atoms with Gasteiger partial charge in [-0.3, -0.25) is 9.59 Å². The molecule has 0 bridgehead atoms. The Labute approximate surface area is 301 Å². The second-order valence-electron chi connectivity index (χ2n) is 13.9. The van der Waals surface area contributed by atoms with Crippen LogP contribution in [0.25, 0.3) is 22.0 Å². The van der Waals surface area contributed by atoms with Crippen molar-refractivity contribution < 1.29 is 14.3 Å². The number of hydrogen-bond acceptors (Lipinski definition) is 7. The van der Waals surface area contributed by atoms with Crippen LogP contribution in [-0.4, -0.2) is 70.6 Å². The van der Waals surface area contributed by atoms with Crippen molar-refractivity contribution in [2.75, 3.05) is 39.4 Å². The lowest BCUT2D eigenvalue weighted by Gasteiger charge is -2.51. The van der Waals surface area contributed by atoms with Gasteiger partial charge in [-0.15, -0.1) is 11.3 Å². The van der Waals surface area contributed by atoms with E-state index in [1.165, 1.54) is 11.3 Å². The standard InChI is InChI=1S/C37H43ClN6O3S2/c1-23-20-42-36(49-23)35(46)40-11-14-43-12-9-37(10-13-43)18-27(19-37)34(45)41-21-26-5-6-29-30(24-3-2-4-25(17-24)33(39)48)22-44(32(29)31(26)38)28-7-15-47-16-8-28/h2-6,17,20,22,27-28H,7-16,18-19,21H2,1H3,(H2,39,48)(H,40,46)(H,41,45). The largest absolute Gasteiger partial charge is 0.389 e. The second kappa shape index (κ2) is 14.5. The number of aromatic nitrogens is 2. The zero-order valence-electron chi connectivity index (χ0n) is 27.8. The van der Waals surface area contributed by atoms with E-state index in [1.807, 2.05) is 31.2 Å². The van der Waals surface area contributed by atoms with Crippen molar-refractivity contribution >= 4 is 62.9 Å². The molecule has 4 aromatic rings. The molecule has 4 heterocycles. The number of carbonyl (C=O) groups is 2. The van der Waals surface area contributed by atoms with Crippen LogP contribution >= 0.6 is 35.2 Å². The Kier molecular flexibility index (Phi) is 10.1. The molecule has 2 aromatic carbocycles. The number of nitrogens with zero attached hydrogens (tertiary/aromatic N) is 3. The number of likely N-dealkylation sites (tertiary alicyclic amines) is 1. The van der Waals surface area contributed by atoms with Crippen LogP contribution in [-0.2, 0) is 16.1 Å². The van der Waals surface area contributed by atoms with Gasteiger partial charge in [0.25, 0.3) is 5.91 Å². The normalized spacial score (nSPS) is 18.4. The highest BCUT2D eigenvalue weighted by molar-refractivity contribution is 7.80. The molecule has 1 saturated carbocycles. The first kappa shape index (κ1) is 34.1. The predicted octanol–water partition coefficient (Wildman–Crippen LogP) is 6.25. The molecule has 12 heteroatoms. The lowest BCUT2D eigenvalue weighted by atomic mass is 9.57. The first-order valence-corrected chi connectivity index (χ1v) is 18.8. The summed E-state index contributed by atoms with van der Waals surface area (Å²) in [7, 11) is 0. The number of nitrogens with two attached hydrogens (primary N) is 1. The topological polar surface area (TPSA) is 115 Å². The van der Waals surface area contributed by atoms with Gasteiger partial charge in [0, 0.05) is 78.6 Å². The average molecular weight is 719 g/mol. The van der Waals surface area contributed by atoms with Crippen LogP contribution in [0.4, 0.5) is 0 Å². The second-order valence-corrected chi connectivity index (χ2v) is 15.9. The molecule has 0 radical (unpaired) electrons. The minimum Gasteiger partial charge on any atom is -0.389 e. The molecule has 258 valence electrons. The number of rotatable bonds is 10. The van der Waals surface area contributed by atoms with Crippen LogP contribution in [0.2, 0.25) is 5.02 Å². The lowest BCUT2D eigenvalue weighted by Crippen LogP contribution is -2.51. The summed E-state index contributed by atoms with van der Waals surface area (Å²) >= 11 is 13.9. The first-order valence-electron chi connectivity index (χ1n) is 17.2. The van der Waals surface area contributed by atoms with Crippen molar-refractivity contribution in [2.45, 2.75) is 58.0 Å². The van der Waals surface area contributed by atoms with Crippen LogP contribution in [0.15, 0.2) is 48.8 Å². The van der Waals surface area contributed by atoms with E-state index >= 15 is 0 Å². The maximum absolute atomic E-state index is 13.3. The van der Waals surface area contributed by atoms with Crippen molar-refractivity contribution in [2.24, 2.45) is 17.1 Å². The number of piperidine rings is 1. The average Bonchev–Trinajstić information content (AvgIpc) is 3.72. The maximum atomic E-state index is 13.3. The Morgan fingerprint density at radius 2 is 1.92 bits per heavy atom. The van der Waals surface area contributed by atoms with E-state index in [-0.39, 0.29) is 29.2 Å². The Balaban J connectivity index is 0.959. The van der Waals surface area contributed by atoms with E-state index in [0.717, 1.165) is 109 Å². The number of thiocarbonyl (C=S) groups is 1.